The number of pyridine rings is 1. The Morgan fingerprint density at radius 2 is 2.22 bits per heavy atom. The minimum Gasteiger partial charge on any atom is -0.334 e. The van der Waals surface area contributed by atoms with Gasteiger partial charge in [0, 0.05) is 11.9 Å². The van der Waals surface area contributed by atoms with E-state index < -0.39 is 5.54 Å². The number of aromatic nitrogens is 1. The smallest absolute Gasteiger partial charge is 0.255 e. The lowest BCUT2D eigenvalue weighted by Crippen LogP contribution is -2.45. The van der Waals surface area contributed by atoms with Crippen LogP contribution in [0, 0.1) is 18.3 Å². The van der Waals surface area contributed by atoms with Gasteiger partial charge in [-0.1, -0.05) is 11.6 Å². The van der Waals surface area contributed by atoms with Crippen molar-refractivity contribution in [1.29, 1.82) is 5.26 Å². The fourth-order valence-corrected chi connectivity index (χ4v) is 2.51. The molecule has 5 heteroatoms. The van der Waals surface area contributed by atoms with Crippen LogP contribution >= 0.6 is 11.6 Å². The highest BCUT2D eigenvalue weighted by atomic mass is 35.5. The van der Waals surface area contributed by atoms with E-state index in [1.54, 1.807) is 13.0 Å². The molecule has 18 heavy (non-hydrogen) atoms. The summed E-state index contributed by atoms with van der Waals surface area (Å²) in [5.74, 6) is -0.323. The highest BCUT2D eigenvalue weighted by Crippen LogP contribution is 2.29. The highest BCUT2D eigenvalue weighted by molar-refractivity contribution is 6.33. The topological polar surface area (TPSA) is 65.8 Å². The Labute approximate surface area is 111 Å². The molecule has 0 aliphatic heterocycles. The van der Waals surface area contributed by atoms with E-state index in [2.05, 4.69) is 16.4 Å². The number of nitrogens with one attached hydrogen (secondary N) is 1. The Morgan fingerprint density at radius 1 is 1.56 bits per heavy atom. The molecular weight excluding hydrogens is 250 g/mol. The molecule has 1 heterocycles. The first-order valence-electron chi connectivity index (χ1n) is 5.92. The van der Waals surface area contributed by atoms with Crippen LogP contribution in [-0.2, 0) is 0 Å². The van der Waals surface area contributed by atoms with Crippen LogP contribution in [-0.4, -0.2) is 16.4 Å². The number of hydrogen-bond donors (Lipinski definition) is 1. The summed E-state index contributed by atoms with van der Waals surface area (Å²) in [4.78, 5) is 16.2. The summed E-state index contributed by atoms with van der Waals surface area (Å²) in [5, 5.41) is 12.4. The van der Waals surface area contributed by atoms with Gasteiger partial charge in [0.05, 0.1) is 16.7 Å². The van der Waals surface area contributed by atoms with Crippen molar-refractivity contribution in [3.8, 4) is 6.07 Å². The maximum absolute atomic E-state index is 12.1. The minimum atomic E-state index is -0.731. The second-order valence-corrected chi connectivity index (χ2v) is 5.07. The molecule has 1 saturated carbocycles. The predicted octanol–water partition coefficient (Wildman–Crippen LogP) is 2.61. The van der Waals surface area contributed by atoms with Gasteiger partial charge in [0.25, 0.3) is 5.91 Å². The molecule has 1 aromatic rings. The van der Waals surface area contributed by atoms with Crippen molar-refractivity contribution in [2.45, 2.75) is 38.1 Å². The zero-order valence-electron chi connectivity index (χ0n) is 10.2. The Hall–Kier alpha value is -1.60. The number of amides is 1. The van der Waals surface area contributed by atoms with Crippen molar-refractivity contribution >= 4 is 17.5 Å². The zero-order valence-corrected chi connectivity index (χ0v) is 10.9. The fraction of sp³-hybridized carbons (Fsp3) is 0.462. The fourth-order valence-electron chi connectivity index (χ4n) is 2.22. The molecule has 1 aliphatic carbocycles. The SMILES string of the molecule is Cc1cc(Cl)c(C(=O)NC2(C#N)CCCC2)cn1. The quantitative estimate of drug-likeness (QED) is 0.892. The first kappa shape index (κ1) is 12.8. The number of halogens is 1. The molecule has 0 atom stereocenters. The van der Waals surface area contributed by atoms with Gasteiger partial charge < -0.3 is 5.32 Å². The summed E-state index contributed by atoms with van der Waals surface area (Å²) in [6.45, 7) is 1.81. The molecule has 0 spiro atoms. The van der Waals surface area contributed by atoms with Crippen molar-refractivity contribution < 1.29 is 4.79 Å². The van der Waals surface area contributed by atoms with Crippen LogP contribution < -0.4 is 5.32 Å². The number of carbonyl (C=O) groups excluding carboxylic acids is 1. The lowest BCUT2D eigenvalue weighted by atomic mass is 9.99. The van der Waals surface area contributed by atoms with Crippen LogP contribution in [0.15, 0.2) is 12.3 Å². The van der Waals surface area contributed by atoms with Crippen molar-refractivity contribution in [1.82, 2.24) is 10.3 Å². The van der Waals surface area contributed by atoms with Crippen LogP contribution in [0.2, 0.25) is 5.02 Å². The molecule has 2 rings (SSSR count). The van der Waals surface area contributed by atoms with Gasteiger partial charge in [-0.15, -0.1) is 0 Å². The van der Waals surface area contributed by atoms with E-state index in [1.807, 2.05) is 0 Å². The third kappa shape index (κ3) is 2.46. The molecule has 0 saturated heterocycles. The average Bonchev–Trinajstić information content (AvgIpc) is 2.78. The molecule has 1 N–H and O–H groups in total. The Kier molecular flexibility index (Phi) is 3.53. The Bertz CT molecular complexity index is 515. The van der Waals surface area contributed by atoms with E-state index in [0.29, 0.717) is 23.4 Å². The highest BCUT2D eigenvalue weighted by Gasteiger charge is 2.35. The number of aryl methyl sites for hydroxylation is 1. The number of nitriles is 1. The maximum atomic E-state index is 12.1. The standard InChI is InChI=1S/C13H14ClN3O/c1-9-6-11(14)10(7-16-9)12(18)17-13(8-15)4-2-3-5-13/h6-7H,2-5H2,1H3,(H,17,18). The molecule has 1 aromatic heterocycles. The lowest BCUT2D eigenvalue weighted by Gasteiger charge is -2.22. The first-order chi connectivity index (χ1) is 8.56. The molecule has 4 nitrogen and oxygen atoms in total. The normalized spacial score (nSPS) is 17.2. The monoisotopic (exact) mass is 263 g/mol. The van der Waals surface area contributed by atoms with Crippen molar-refractivity contribution in [3.63, 3.8) is 0 Å². The number of rotatable bonds is 2. The largest absolute Gasteiger partial charge is 0.334 e. The number of carbonyl (C=O) groups is 1. The molecule has 94 valence electrons. The van der Waals surface area contributed by atoms with Crippen LogP contribution in [0.3, 0.4) is 0 Å². The van der Waals surface area contributed by atoms with Crippen LogP contribution in [0.25, 0.3) is 0 Å². The maximum Gasteiger partial charge on any atom is 0.255 e. The molecule has 0 unspecified atom stereocenters. The molecule has 1 amide bonds. The molecule has 1 aliphatic rings. The summed E-state index contributed by atoms with van der Waals surface area (Å²) < 4.78 is 0. The van der Waals surface area contributed by atoms with Crippen LogP contribution in [0.1, 0.15) is 41.7 Å². The second-order valence-electron chi connectivity index (χ2n) is 4.66. The van der Waals surface area contributed by atoms with Crippen LogP contribution in [0.5, 0.6) is 0 Å². The van der Waals surface area contributed by atoms with Gasteiger partial charge in [0.15, 0.2) is 0 Å². The van der Waals surface area contributed by atoms with Gasteiger partial charge in [-0.3, -0.25) is 9.78 Å². The third-order valence-electron chi connectivity index (χ3n) is 3.26. The molecule has 1 fully saturated rings. The summed E-state index contributed by atoms with van der Waals surface area (Å²) in [5.41, 5.74) is 0.349. The van der Waals surface area contributed by atoms with E-state index in [-0.39, 0.29) is 5.91 Å². The van der Waals surface area contributed by atoms with E-state index in [9.17, 15) is 10.1 Å². The van der Waals surface area contributed by atoms with Gasteiger partial charge in [-0.05, 0) is 38.7 Å². The Balaban J connectivity index is 2.19. The predicted molar refractivity (Wildman–Crippen MR) is 68.3 cm³/mol. The van der Waals surface area contributed by atoms with Gasteiger partial charge in [0.1, 0.15) is 5.54 Å². The summed E-state index contributed by atoms with van der Waals surface area (Å²) >= 11 is 6.01. The molecular formula is C13H14ClN3O. The number of hydrogen-bond acceptors (Lipinski definition) is 3. The Morgan fingerprint density at radius 3 is 2.78 bits per heavy atom. The van der Waals surface area contributed by atoms with E-state index >= 15 is 0 Å². The van der Waals surface area contributed by atoms with Crippen molar-refractivity contribution in [2.75, 3.05) is 0 Å². The summed E-state index contributed by atoms with van der Waals surface area (Å²) in [6, 6.07) is 3.86. The second kappa shape index (κ2) is 4.95. The van der Waals surface area contributed by atoms with E-state index in [1.165, 1.54) is 6.20 Å². The number of nitrogens with zero attached hydrogens (tertiary/aromatic N) is 2. The van der Waals surface area contributed by atoms with Crippen molar-refractivity contribution in [3.05, 3.63) is 28.5 Å². The molecule has 0 radical (unpaired) electrons. The van der Waals surface area contributed by atoms with E-state index in [4.69, 9.17) is 11.6 Å². The summed E-state index contributed by atoms with van der Waals surface area (Å²) in [7, 11) is 0. The lowest BCUT2D eigenvalue weighted by molar-refractivity contribution is 0.0920. The molecule has 0 bridgehead atoms. The first-order valence-corrected chi connectivity index (χ1v) is 6.30. The average molecular weight is 264 g/mol. The third-order valence-corrected chi connectivity index (χ3v) is 3.57. The summed E-state index contributed by atoms with van der Waals surface area (Å²) in [6.07, 6.45) is 4.78. The molecule has 0 aromatic carbocycles. The minimum absolute atomic E-state index is 0.323. The van der Waals surface area contributed by atoms with Gasteiger partial charge in [-0.2, -0.15) is 5.26 Å². The van der Waals surface area contributed by atoms with Gasteiger partial charge in [-0.25, -0.2) is 0 Å². The van der Waals surface area contributed by atoms with E-state index in [0.717, 1.165) is 18.5 Å². The zero-order chi connectivity index (χ0) is 13.2. The van der Waals surface area contributed by atoms with Crippen molar-refractivity contribution in [2.24, 2.45) is 0 Å². The van der Waals surface area contributed by atoms with Gasteiger partial charge in [0.2, 0.25) is 0 Å². The van der Waals surface area contributed by atoms with Gasteiger partial charge >= 0.3 is 0 Å². The van der Waals surface area contributed by atoms with Crippen LogP contribution in [0.4, 0.5) is 0 Å².